The Balaban J connectivity index is 0.00000341. The minimum Gasteiger partial charge on any atom is -0.356 e. The Kier molecular flexibility index (Phi) is 11.4. The molecular formula is C24H39IN6. The summed E-state index contributed by atoms with van der Waals surface area (Å²) in [5.41, 5.74) is 5.00. The molecule has 1 aliphatic heterocycles. The van der Waals surface area contributed by atoms with Crippen molar-refractivity contribution in [1.29, 1.82) is 0 Å². The lowest BCUT2D eigenvalue weighted by Crippen LogP contribution is -2.37. The van der Waals surface area contributed by atoms with Crippen molar-refractivity contribution in [2.75, 3.05) is 26.7 Å². The third-order valence-corrected chi connectivity index (χ3v) is 5.72. The number of guanidine groups is 1. The van der Waals surface area contributed by atoms with Crippen LogP contribution in [0.1, 0.15) is 54.6 Å². The lowest BCUT2D eigenvalue weighted by atomic mass is 10.1. The summed E-state index contributed by atoms with van der Waals surface area (Å²) in [6.45, 7) is 10.2. The summed E-state index contributed by atoms with van der Waals surface area (Å²) in [5, 5.41) is 11.4. The first kappa shape index (κ1) is 25.6. The summed E-state index contributed by atoms with van der Waals surface area (Å²) >= 11 is 0. The van der Waals surface area contributed by atoms with Gasteiger partial charge in [0.1, 0.15) is 0 Å². The molecule has 0 atom stereocenters. The molecule has 1 aliphatic rings. The van der Waals surface area contributed by atoms with Crippen LogP contribution in [0.25, 0.3) is 0 Å². The fourth-order valence-electron chi connectivity index (χ4n) is 4.13. The van der Waals surface area contributed by atoms with Gasteiger partial charge in [-0.05, 0) is 63.4 Å². The fraction of sp³-hybridized carbons (Fsp3) is 0.583. The van der Waals surface area contributed by atoms with E-state index in [0.717, 1.165) is 44.3 Å². The van der Waals surface area contributed by atoms with E-state index < -0.39 is 0 Å². The van der Waals surface area contributed by atoms with E-state index in [2.05, 4.69) is 67.6 Å². The van der Waals surface area contributed by atoms with E-state index in [1.165, 1.54) is 55.6 Å². The van der Waals surface area contributed by atoms with Gasteiger partial charge in [-0.25, -0.2) is 0 Å². The molecule has 0 amide bonds. The third-order valence-electron chi connectivity index (χ3n) is 5.72. The average molecular weight is 539 g/mol. The number of aromatic nitrogens is 2. The first-order valence-corrected chi connectivity index (χ1v) is 11.4. The number of aliphatic imine (C=N–C) groups is 1. The molecule has 2 heterocycles. The van der Waals surface area contributed by atoms with Gasteiger partial charge in [0.25, 0.3) is 0 Å². The van der Waals surface area contributed by atoms with Crippen LogP contribution in [0.4, 0.5) is 0 Å². The number of rotatable bonds is 8. The van der Waals surface area contributed by atoms with Crippen LogP contribution in [-0.4, -0.2) is 47.3 Å². The summed E-state index contributed by atoms with van der Waals surface area (Å²) in [4.78, 5) is 6.96. The maximum atomic E-state index is 4.52. The molecule has 0 radical (unpaired) electrons. The van der Waals surface area contributed by atoms with Gasteiger partial charge < -0.3 is 10.6 Å². The van der Waals surface area contributed by atoms with Gasteiger partial charge in [0.15, 0.2) is 5.96 Å². The maximum Gasteiger partial charge on any atom is 0.191 e. The Morgan fingerprint density at radius 1 is 1.03 bits per heavy atom. The second kappa shape index (κ2) is 13.7. The Bertz CT molecular complexity index is 808. The monoisotopic (exact) mass is 538 g/mol. The number of nitrogens with one attached hydrogen (secondary N) is 2. The van der Waals surface area contributed by atoms with E-state index in [1.807, 2.05) is 14.0 Å². The van der Waals surface area contributed by atoms with Gasteiger partial charge in [0.05, 0.1) is 5.69 Å². The van der Waals surface area contributed by atoms with Crippen LogP contribution in [-0.2, 0) is 19.6 Å². The number of benzene rings is 1. The van der Waals surface area contributed by atoms with E-state index >= 15 is 0 Å². The van der Waals surface area contributed by atoms with Crippen molar-refractivity contribution in [3.63, 3.8) is 0 Å². The first-order valence-electron chi connectivity index (χ1n) is 11.4. The second-order valence-electron chi connectivity index (χ2n) is 8.37. The molecule has 2 aromatic rings. The SMILES string of the molecule is CN=C(NCCCn1nc(C)cc1C)NCc1cccc(CN2CCCCCC2)c1.I. The minimum atomic E-state index is 0. The Labute approximate surface area is 204 Å². The molecule has 31 heavy (non-hydrogen) atoms. The van der Waals surface area contributed by atoms with Crippen LogP contribution < -0.4 is 10.6 Å². The Hall–Kier alpha value is -1.61. The number of likely N-dealkylation sites (tertiary alicyclic amines) is 1. The summed E-state index contributed by atoms with van der Waals surface area (Å²) in [7, 11) is 1.83. The highest BCUT2D eigenvalue weighted by molar-refractivity contribution is 14.0. The fourth-order valence-corrected chi connectivity index (χ4v) is 4.13. The maximum absolute atomic E-state index is 4.52. The molecule has 7 heteroatoms. The van der Waals surface area contributed by atoms with E-state index in [-0.39, 0.29) is 24.0 Å². The van der Waals surface area contributed by atoms with Gasteiger partial charge in [-0.15, -0.1) is 24.0 Å². The summed E-state index contributed by atoms with van der Waals surface area (Å²) in [6.07, 6.45) is 6.45. The van der Waals surface area contributed by atoms with Crippen molar-refractivity contribution in [1.82, 2.24) is 25.3 Å². The van der Waals surface area contributed by atoms with Crippen molar-refractivity contribution < 1.29 is 0 Å². The van der Waals surface area contributed by atoms with Gasteiger partial charge in [-0.1, -0.05) is 37.1 Å². The van der Waals surface area contributed by atoms with Crippen LogP contribution in [0.15, 0.2) is 35.3 Å². The first-order chi connectivity index (χ1) is 14.6. The molecule has 1 fully saturated rings. The van der Waals surface area contributed by atoms with Gasteiger partial charge in [-0.2, -0.15) is 5.10 Å². The van der Waals surface area contributed by atoms with Gasteiger partial charge in [0, 0.05) is 38.9 Å². The highest BCUT2D eigenvalue weighted by Crippen LogP contribution is 2.14. The van der Waals surface area contributed by atoms with E-state index in [0.29, 0.717) is 0 Å². The molecule has 6 nitrogen and oxygen atoms in total. The molecule has 1 aromatic carbocycles. The second-order valence-corrected chi connectivity index (χ2v) is 8.37. The molecule has 0 saturated carbocycles. The summed E-state index contributed by atoms with van der Waals surface area (Å²) < 4.78 is 2.07. The van der Waals surface area contributed by atoms with Gasteiger partial charge in [0.2, 0.25) is 0 Å². The summed E-state index contributed by atoms with van der Waals surface area (Å²) in [6, 6.07) is 11.1. The number of nitrogens with zero attached hydrogens (tertiary/aromatic N) is 4. The van der Waals surface area contributed by atoms with Crippen LogP contribution in [0, 0.1) is 13.8 Å². The van der Waals surface area contributed by atoms with E-state index in [4.69, 9.17) is 0 Å². The quantitative estimate of drug-likeness (QED) is 0.229. The largest absolute Gasteiger partial charge is 0.356 e. The van der Waals surface area contributed by atoms with Crippen molar-refractivity contribution in [3.05, 3.63) is 52.8 Å². The molecule has 0 aliphatic carbocycles. The number of hydrogen-bond donors (Lipinski definition) is 2. The standard InChI is InChI=1S/C24H38N6.HI/c1-20-16-21(2)30(28-20)15-9-12-26-24(25-3)27-18-22-10-8-11-23(17-22)19-29-13-6-4-5-7-14-29;/h8,10-11,16-17H,4-7,9,12-15,18-19H2,1-3H3,(H2,25,26,27);1H. The van der Waals surface area contributed by atoms with Gasteiger partial charge in [-0.3, -0.25) is 14.6 Å². The molecular weight excluding hydrogens is 499 g/mol. The van der Waals surface area contributed by atoms with Crippen LogP contribution in [0.5, 0.6) is 0 Å². The third kappa shape index (κ3) is 8.80. The predicted molar refractivity (Wildman–Crippen MR) is 140 cm³/mol. The smallest absolute Gasteiger partial charge is 0.191 e. The van der Waals surface area contributed by atoms with Crippen molar-refractivity contribution in [2.24, 2.45) is 4.99 Å². The topological polar surface area (TPSA) is 57.5 Å². The predicted octanol–water partition coefficient (Wildman–Crippen LogP) is 4.25. The molecule has 1 saturated heterocycles. The molecule has 2 N–H and O–H groups in total. The lowest BCUT2D eigenvalue weighted by molar-refractivity contribution is 0.277. The Morgan fingerprint density at radius 3 is 2.45 bits per heavy atom. The zero-order valence-corrected chi connectivity index (χ0v) is 21.7. The Morgan fingerprint density at radius 2 is 1.77 bits per heavy atom. The highest BCUT2D eigenvalue weighted by atomic mass is 127. The molecule has 1 aromatic heterocycles. The normalized spacial score (nSPS) is 15.3. The van der Waals surface area contributed by atoms with Crippen LogP contribution in [0.2, 0.25) is 0 Å². The zero-order chi connectivity index (χ0) is 21.2. The van der Waals surface area contributed by atoms with E-state index in [1.54, 1.807) is 0 Å². The zero-order valence-electron chi connectivity index (χ0n) is 19.4. The number of halogens is 1. The number of aryl methyl sites for hydroxylation is 3. The van der Waals surface area contributed by atoms with Gasteiger partial charge >= 0.3 is 0 Å². The van der Waals surface area contributed by atoms with Crippen LogP contribution >= 0.6 is 24.0 Å². The molecule has 0 bridgehead atoms. The average Bonchev–Trinajstić information content (AvgIpc) is 2.91. The lowest BCUT2D eigenvalue weighted by Gasteiger charge is -2.20. The van der Waals surface area contributed by atoms with Crippen molar-refractivity contribution in [2.45, 2.75) is 65.6 Å². The number of hydrogen-bond acceptors (Lipinski definition) is 3. The highest BCUT2D eigenvalue weighted by Gasteiger charge is 2.09. The van der Waals surface area contributed by atoms with E-state index in [9.17, 15) is 0 Å². The van der Waals surface area contributed by atoms with Crippen molar-refractivity contribution >= 4 is 29.9 Å². The molecule has 172 valence electrons. The minimum absolute atomic E-state index is 0. The van der Waals surface area contributed by atoms with Crippen molar-refractivity contribution in [3.8, 4) is 0 Å². The molecule has 3 rings (SSSR count). The van der Waals surface area contributed by atoms with Crippen LogP contribution in [0.3, 0.4) is 0 Å². The molecule has 0 spiro atoms. The molecule has 0 unspecified atom stereocenters. The summed E-state index contributed by atoms with van der Waals surface area (Å²) in [5.74, 6) is 0.848.